The summed E-state index contributed by atoms with van der Waals surface area (Å²) >= 11 is 7.64. The van der Waals surface area contributed by atoms with Gasteiger partial charge in [0.2, 0.25) is 11.8 Å². The number of benzene rings is 1. The molecular formula is C19H24ClN3O4S. The molecule has 3 rings (SSSR count). The van der Waals surface area contributed by atoms with Crippen molar-refractivity contribution in [2.45, 2.75) is 37.3 Å². The van der Waals surface area contributed by atoms with Gasteiger partial charge < -0.3 is 15.3 Å². The van der Waals surface area contributed by atoms with Crippen LogP contribution in [-0.2, 0) is 14.4 Å². The maximum absolute atomic E-state index is 12.8. The number of nitrogens with zero attached hydrogens (tertiary/aromatic N) is 1. The summed E-state index contributed by atoms with van der Waals surface area (Å²) in [5.74, 6) is -0.0212. The molecule has 0 bridgehead atoms. The molecule has 3 unspecified atom stereocenters. The minimum atomic E-state index is -0.966. The summed E-state index contributed by atoms with van der Waals surface area (Å²) in [6, 6.07) is 6.21. The quantitative estimate of drug-likeness (QED) is 0.614. The fourth-order valence-corrected chi connectivity index (χ4v) is 4.67. The van der Waals surface area contributed by atoms with E-state index in [1.807, 2.05) is 12.1 Å². The fraction of sp³-hybridized carbons (Fsp3) is 0.526. The smallest absolute Gasteiger partial charge is 0.326 e. The van der Waals surface area contributed by atoms with Gasteiger partial charge in [-0.1, -0.05) is 23.7 Å². The summed E-state index contributed by atoms with van der Waals surface area (Å²) in [5, 5.41) is 16.0. The predicted molar refractivity (Wildman–Crippen MR) is 108 cm³/mol. The third kappa shape index (κ3) is 5.18. The Kier molecular flexibility index (Phi) is 7.20. The van der Waals surface area contributed by atoms with Crippen LogP contribution in [0.4, 0.5) is 0 Å². The van der Waals surface area contributed by atoms with Crippen LogP contribution in [0.5, 0.6) is 0 Å². The van der Waals surface area contributed by atoms with Crippen molar-refractivity contribution in [1.29, 1.82) is 0 Å². The van der Waals surface area contributed by atoms with E-state index in [4.69, 9.17) is 11.6 Å². The number of hydrogen-bond donors (Lipinski definition) is 3. The molecule has 2 amide bonds. The average molecular weight is 426 g/mol. The first-order valence-electron chi connectivity index (χ1n) is 9.32. The molecule has 152 valence electrons. The molecular weight excluding hydrogens is 402 g/mol. The Hall–Kier alpha value is -1.77. The summed E-state index contributed by atoms with van der Waals surface area (Å²) < 4.78 is 0. The maximum Gasteiger partial charge on any atom is 0.326 e. The number of likely N-dealkylation sites (tertiary alicyclic amines) is 1. The second-order valence-corrected chi connectivity index (χ2v) is 8.52. The SMILES string of the molecule is O=C(NCC(CC(=O)N1CCCC1C(=O)O)c1ccc(Cl)cc1)C1CSCN1. The molecule has 0 aromatic heterocycles. The third-order valence-electron chi connectivity index (χ3n) is 5.18. The molecule has 0 spiro atoms. The van der Waals surface area contributed by atoms with Crippen LogP contribution in [0.25, 0.3) is 0 Å². The van der Waals surface area contributed by atoms with E-state index in [0.717, 1.165) is 17.2 Å². The van der Waals surface area contributed by atoms with Gasteiger partial charge in [-0.05, 0) is 30.5 Å². The molecule has 0 aliphatic carbocycles. The Morgan fingerprint density at radius 1 is 1.32 bits per heavy atom. The highest BCUT2D eigenvalue weighted by Crippen LogP contribution is 2.25. The van der Waals surface area contributed by atoms with Gasteiger partial charge in [0, 0.05) is 42.1 Å². The van der Waals surface area contributed by atoms with Gasteiger partial charge in [0.25, 0.3) is 0 Å². The Labute approximate surface area is 173 Å². The summed E-state index contributed by atoms with van der Waals surface area (Å²) in [4.78, 5) is 38.0. The second kappa shape index (κ2) is 9.62. The maximum atomic E-state index is 12.8. The van der Waals surface area contributed by atoms with E-state index in [1.54, 1.807) is 23.9 Å². The van der Waals surface area contributed by atoms with Gasteiger partial charge in [-0.15, -0.1) is 11.8 Å². The second-order valence-electron chi connectivity index (χ2n) is 7.05. The summed E-state index contributed by atoms with van der Waals surface area (Å²) in [7, 11) is 0. The number of nitrogens with one attached hydrogen (secondary N) is 2. The lowest BCUT2D eigenvalue weighted by Gasteiger charge is -2.25. The highest BCUT2D eigenvalue weighted by molar-refractivity contribution is 7.99. The first-order chi connectivity index (χ1) is 13.5. The summed E-state index contributed by atoms with van der Waals surface area (Å²) in [6.45, 7) is 0.763. The number of thioether (sulfide) groups is 1. The first kappa shape index (κ1) is 21.0. The number of halogens is 1. The predicted octanol–water partition coefficient (Wildman–Crippen LogP) is 1.67. The van der Waals surface area contributed by atoms with E-state index in [9.17, 15) is 19.5 Å². The molecule has 0 saturated carbocycles. The number of aliphatic carboxylic acids is 1. The zero-order valence-corrected chi connectivity index (χ0v) is 17.0. The number of carboxylic acid groups (broad SMARTS) is 1. The van der Waals surface area contributed by atoms with Crippen molar-refractivity contribution in [3.63, 3.8) is 0 Å². The van der Waals surface area contributed by atoms with Gasteiger partial charge >= 0.3 is 5.97 Å². The number of carbonyl (C=O) groups is 3. The van der Waals surface area contributed by atoms with Crippen LogP contribution in [0.3, 0.4) is 0 Å². The third-order valence-corrected chi connectivity index (χ3v) is 6.37. The van der Waals surface area contributed by atoms with Crippen LogP contribution in [0, 0.1) is 0 Å². The monoisotopic (exact) mass is 425 g/mol. The van der Waals surface area contributed by atoms with Gasteiger partial charge in [-0.2, -0.15) is 0 Å². The van der Waals surface area contributed by atoms with E-state index in [1.165, 1.54) is 4.90 Å². The molecule has 1 aromatic carbocycles. The Morgan fingerprint density at radius 3 is 2.71 bits per heavy atom. The fourth-order valence-electron chi connectivity index (χ4n) is 3.60. The highest BCUT2D eigenvalue weighted by atomic mass is 35.5. The van der Waals surface area contributed by atoms with E-state index in [-0.39, 0.29) is 30.2 Å². The zero-order valence-electron chi connectivity index (χ0n) is 15.4. The van der Waals surface area contributed by atoms with Gasteiger partial charge in [0.15, 0.2) is 0 Å². The zero-order chi connectivity index (χ0) is 20.1. The lowest BCUT2D eigenvalue weighted by atomic mass is 9.94. The molecule has 28 heavy (non-hydrogen) atoms. The Morgan fingerprint density at radius 2 is 2.07 bits per heavy atom. The molecule has 2 fully saturated rings. The van der Waals surface area contributed by atoms with Gasteiger partial charge in [0.05, 0.1) is 6.04 Å². The molecule has 2 heterocycles. The number of carboxylic acids is 1. The first-order valence-corrected chi connectivity index (χ1v) is 10.9. The highest BCUT2D eigenvalue weighted by Gasteiger charge is 2.35. The van der Waals surface area contributed by atoms with Crippen LogP contribution in [-0.4, -0.2) is 64.6 Å². The normalized spacial score (nSPS) is 22.8. The number of hydrogen-bond acceptors (Lipinski definition) is 5. The molecule has 2 aliphatic heterocycles. The molecule has 3 N–H and O–H groups in total. The van der Waals surface area contributed by atoms with E-state index in [2.05, 4.69) is 10.6 Å². The van der Waals surface area contributed by atoms with Crippen LogP contribution < -0.4 is 10.6 Å². The van der Waals surface area contributed by atoms with Crippen LogP contribution >= 0.6 is 23.4 Å². The van der Waals surface area contributed by atoms with Gasteiger partial charge in [0.1, 0.15) is 6.04 Å². The lowest BCUT2D eigenvalue weighted by molar-refractivity contribution is -0.148. The number of rotatable bonds is 7. The van der Waals surface area contributed by atoms with Crippen molar-refractivity contribution in [3.05, 3.63) is 34.9 Å². The van der Waals surface area contributed by atoms with Crippen LogP contribution in [0.1, 0.15) is 30.7 Å². The van der Waals surface area contributed by atoms with Gasteiger partial charge in [-0.25, -0.2) is 4.79 Å². The molecule has 1 aromatic rings. The van der Waals surface area contributed by atoms with E-state index < -0.39 is 12.0 Å². The van der Waals surface area contributed by atoms with E-state index in [0.29, 0.717) is 31.0 Å². The van der Waals surface area contributed by atoms with Crippen molar-refractivity contribution in [2.24, 2.45) is 0 Å². The van der Waals surface area contributed by atoms with Crippen molar-refractivity contribution < 1.29 is 19.5 Å². The summed E-state index contributed by atoms with van der Waals surface area (Å²) in [6.07, 6.45) is 1.31. The molecule has 3 atom stereocenters. The minimum absolute atomic E-state index is 0.0824. The molecule has 0 radical (unpaired) electrons. The average Bonchev–Trinajstić information content (AvgIpc) is 3.37. The molecule has 2 aliphatic rings. The lowest BCUT2D eigenvalue weighted by Crippen LogP contribution is -2.44. The minimum Gasteiger partial charge on any atom is -0.480 e. The molecule has 2 saturated heterocycles. The topological polar surface area (TPSA) is 98.7 Å². The van der Waals surface area contributed by atoms with Crippen molar-refractivity contribution in [3.8, 4) is 0 Å². The van der Waals surface area contributed by atoms with Crippen LogP contribution in [0.2, 0.25) is 5.02 Å². The number of amides is 2. The van der Waals surface area contributed by atoms with Crippen molar-refractivity contribution >= 4 is 41.1 Å². The largest absolute Gasteiger partial charge is 0.480 e. The Bertz CT molecular complexity index is 724. The van der Waals surface area contributed by atoms with Gasteiger partial charge in [-0.3, -0.25) is 14.9 Å². The van der Waals surface area contributed by atoms with Crippen molar-refractivity contribution in [2.75, 3.05) is 24.7 Å². The summed E-state index contributed by atoms with van der Waals surface area (Å²) in [5.41, 5.74) is 0.887. The Balaban J connectivity index is 1.68. The molecule has 9 heteroatoms. The molecule has 7 nitrogen and oxygen atoms in total. The number of carbonyl (C=O) groups excluding carboxylic acids is 2. The van der Waals surface area contributed by atoms with Crippen LogP contribution in [0.15, 0.2) is 24.3 Å². The van der Waals surface area contributed by atoms with E-state index >= 15 is 0 Å². The van der Waals surface area contributed by atoms with Crippen molar-refractivity contribution in [1.82, 2.24) is 15.5 Å². The standard InChI is InChI=1S/C19H24ClN3O4S/c20-14-5-3-12(4-6-14)13(9-21-18(25)15-10-28-11-22-15)8-17(24)23-7-1-2-16(23)19(26)27/h3-6,13,15-16,22H,1-2,7-11H2,(H,21,25)(H,26,27).